The summed E-state index contributed by atoms with van der Waals surface area (Å²) in [5, 5.41) is 13.3. The van der Waals surface area contributed by atoms with Crippen molar-refractivity contribution < 1.29 is 19.4 Å². The Bertz CT molecular complexity index is 321. The van der Waals surface area contributed by atoms with Crippen LogP contribution >= 0.6 is 0 Å². The van der Waals surface area contributed by atoms with Gasteiger partial charge in [-0.05, 0) is 32.6 Å². The zero-order chi connectivity index (χ0) is 14.5. The molecule has 1 saturated carbocycles. The van der Waals surface area contributed by atoms with E-state index in [0.717, 1.165) is 32.1 Å². The molecule has 1 rings (SSSR count). The van der Waals surface area contributed by atoms with E-state index >= 15 is 0 Å². The molecule has 2 N–H and O–H groups in total. The Balaban J connectivity index is 2.86. The zero-order valence-electron chi connectivity index (χ0n) is 12.1. The Kier molecular flexibility index (Phi) is 5.79. The summed E-state index contributed by atoms with van der Waals surface area (Å²) in [6, 6.07) is -0.993. The molecule has 0 aromatic carbocycles. The maximum absolute atomic E-state index is 12.0. The Morgan fingerprint density at radius 1 is 1.37 bits per heavy atom. The van der Waals surface area contributed by atoms with Gasteiger partial charge in [0.25, 0.3) is 0 Å². The first-order valence-electron chi connectivity index (χ1n) is 7.05. The normalized spacial score (nSPS) is 21.3. The summed E-state index contributed by atoms with van der Waals surface area (Å²) in [7, 11) is 0. The van der Waals surface area contributed by atoms with E-state index in [4.69, 9.17) is 4.74 Å². The first kappa shape index (κ1) is 16.0. The highest BCUT2D eigenvalue weighted by molar-refractivity contribution is 5.84. The van der Waals surface area contributed by atoms with Gasteiger partial charge >= 0.3 is 5.97 Å². The van der Waals surface area contributed by atoms with Crippen LogP contribution in [0.5, 0.6) is 0 Å². The molecule has 0 radical (unpaired) electrons. The largest absolute Gasteiger partial charge is 0.464 e. The molecular formula is C14H25NO4. The van der Waals surface area contributed by atoms with Crippen LogP contribution in [0.15, 0.2) is 0 Å². The fraction of sp³-hybridized carbons (Fsp3) is 0.857. The number of ether oxygens (including phenoxy) is 1. The molecule has 0 heterocycles. The van der Waals surface area contributed by atoms with Crippen LogP contribution in [0, 0.1) is 5.92 Å². The molecule has 1 amide bonds. The highest BCUT2D eigenvalue weighted by Crippen LogP contribution is 2.35. The first-order valence-corrected chi connectivity index (χ1v) is 7.05. The number of amides is 1. The molecule has 0 aromatic rings. The standard InChI is InChI=1S/C14H25NO4/c1-4-19-13(17)12(15-10(2)16)14(3,18)11-8-6-5-7-9-11/h11-12,18H,4-9H2,1-3H3,(H,15,16)/t12-,14-/m0/s1. The van der Waals surface area contributed by atoms with Crippen molar-refractivity contribution in [1.29, 1.82) is 0 Å². The van der Waals surface area contributed by atoms with Gasteiger partial charge in [-0.2, -0.15) is 0 Å². The van der Waals surface area contributed by atoms with Gasteiger partial charge in [-0.3, -0.25) is 4.79 Å². The lowest BCUT2D eigenvalue weighted by Gasteiger charge is -2.40. The van der Waals surface area contributed by atoms with E-state index in [1.54, 1.807) is 13.8 Å². The second-order valence-corrected chi connectivity index (χ2v) is 5.45. The quantitative estimate of drug-likeness (QED) is 0.741. The zero-order valence-corrected chi connectivity index (χ0v) is 12.1. The smallest absolute Gasteiger partial charge is 0.331 e. The molecule has 1 aliphatic rings. The van der Waals surface area contributed by atoms with E-state index in [0.29, 0.717) is 0 Å². The molecule has 19 heavy (non-hydrogen) atoms. The molecule has 110 valence electrons. The molecule has 2 atom stereocenters. The van der Waals surface area contributed by atoms with E-state index in [1.165, 1.54) is 6.92 Å². The topological polar surface area (TPSA) is 75.6 Å². The Morgan fingerprint density at radius 2 is 1.95 bits per heavy atom. The molecule has 0 bridgehead atoms. The van der Waals surface area contributed by atoms with Gasteiger partial charge in [-0.25, -0.2) is 4.79 Å². The van der Waals surface area contributed by atoms with Crippen molar-refractivity contribution in [3.63, 3.8) is 0 Å². The van der Waals surface area contributed by atoms with Crippen LogP contribution < -0.4 is 5.32 Å². The van der Waals surface area contributed by atoms with Gasteiger partial charge in [0, 0.05) is 6.92 Å². The summed E-state index contributed by atoms with van der Waals surface area (Å²) in [5.74, 6) is -0.884. The van der Waals surface area contributed by atoms with Gasteiger partial charge < -0.3 is 15.2 Å². The number of esters is 1. The molecule has 1 fully saturated rings. The van der Waals surface area contributed by atoms with Crippen molar-refractivity contribution in [3.8, 4) is 0 Å². The van der Waals surface area contributed by atoms with Crippen molar-refractivity contribution in [2.45, 2.75) is 64.5 Å². The fourth-order valence-electron chi connectivity index (χ4n) is 2.80. The van der Waals surface area contributed by atoms with Crippen LogP contribution in [0.1, 0.15) is 52.9 Å². The van der Waals surface area contributed by atoms with Crippen molar-refractivity contribution >= 4 is 11.9 Å². The first-order chi connectivity index (χ1) is 8.89. The van der Waals surface area contributed by atoms with E-state index in [2.05, 4.69) is 5.32 Å². The minimum absolute atomic E-state index is 0.0162. The van der Waals surface area contributed by atoms with Crippen LogP contribution in [0.4, 0.5) is 0 Å². The Morgan fingerprint density at radius 3 is 2.42 bits per heavy atom. The molecule has 5 nitrogen and oxygen atoms in total. The van der Waals surface area contributed by atoms with E-state index in [1.807, 2.05) is 0 Å². The third-order valence-corrected chi connectivity index (χ3v) is 3.89. The maximum Gasteiger partial charge on any atom is 0.331 e. The molecule has 0 aliphatic heterocycles. The van der Waals surface area contributed by atoms with Crippen molar-refractivity contribution in [2.24, 2.45) is 5.92 Å². The van der Waals surface area contributed by atoms with E-state index in [-0.39, 0.29) is 18.4 Å². The van der Waals surface area contributed by atoms with Gasteiger partial charge in [0.2, 0.25) is 5.91 Å². The van der Waals surface area contributed by atoms with Crippen molar-refractivity contribution in [3.05, 3.63) is 0 Å². The molecule has 0 spiro atoms. The Hall–Kier alpha value is -1.10. The van der Waals surface area contributed by atoms with Crippen LogP contribution in [-0.4, -0.2) is 35.2 Å². The second-order valence-electron chi connectivity index (χ2n) is 5.45. The second kappa shape index (κ2) is 6.89. The fourth-order valence-corrected chi connectivity index (χ4v) is 2.80. The predicted molar refractivity (Wildman–Crippen MR) is 71.4 cm³/mol. The SMILES string of the molecule is CCOC(=O)[C@H](NC(C)=O)[C@@](C)(O)C1CCCCC1. The van der Waals surface area contributed by atoms with Crippen LogP contribution in [0.2, 0.25) is 0 Å². The summed E-state index contributed by atoms with van der Waals surface area (Å²) in [6.45, 7) is 4.90. The number of carbonyl (C=O) groups is 2. The lowest BCUT2D eigenvalue weighted by molar-refractivity contribution is -0.158. The summed E-state index contributed by atoms with van der Waals surface area (Å²) in [6.07, 6.45) is 5.02. The summed E-state index contributed by atoms with van der Waals surface area (Å²) >= 11 is 0. The molecule has 5 heteroatoms. The van der Waals surface area contributed by atoms with E-state index in [9.17, 15) is 14.7 Å². The number of rotatable bonds is 5. The minimum Gasteiger partial charge on any atom is -0.464 e. The van der Waals surface area contributed by atoms with E-state index < -0.39 is 17.6 Å². The number of nitrogens with one attached hydrogen (secondary N) is 1. The van der Waals surface area contributed by atoms with Crippen molar-refractivity contribution in [2.75, 3.05) is 6.61 Å². The lowest BCUT2D eigenvalue weighted by Crippen LogP contribution is -2.59. The molecular weight excluding hydrogens is 246 g/mol. The average molecular weight is 271 g/mol. The van der Waals surface area contributed by atoms with Gasteiger partial charge in [0.1, 0.15) is 0 Å². The van der Waals surface area contributed by atoms with Gasteiger partial charge in [-0.15, -0.1) is 0 Å². The minimum atomic E-state index is -1.27. The predicted octanol–water partition coefficient (Wildman–Crippen LogP) is 1.39. The number of hydrogen-bond donors (Lipinski definition) is 2. The molecule has 0 aromatic heterocycles. The summed E-state index contributed by atoms with van der Waals surface area (Å²) < 4.78 is 4.97. The number of aliphatic hydroxyl groups is 1. The third-order valence-electron chi connectivity index (χ3n) is 3.89. The van der Waals surface area contributed by atoms with Gasteiger partial charge in [0.05, 0.1) is 12.2 Å². The molecule has 0 unspecified atom stereocenters. The van der Waals surface area contributed by atoms with Gasteiger partial charge in [0.15, 0.2) is 6.04 Å². The molecule has 1 aliphatic carbocycles. The highest BCUT2D eigenvalue weighted by Gasteiger charge is 2.45. The number of hydrogen-bond acceptors (Lipinski definition) is 4. The van der Waals surface area contributed by atoms with Crippen LogP contribution in [-0.2, 0) is 14.3 Å². The summed E-state index contributed by atoms with van der Waals surface area (Å²) in [5.41, 5.74) is -1.27. The molecule has 0 saturated heterocycles. The maximum atomic E-state index is 12.0. The lowest BCUT2D eigenvalue weighted by atomic mass is 9.74. The summed E-state index contributed by atoms with van der Waals surface area (Å²) in [4.78, 5) is 23.2. The highest BCUT2D eigenvalue weighted by atomic mass is 16.5. The average Bonchev–Trinajstić information content (AvgIpc) is 2.37. The number of carbonyl (C=O) groups excluding carboxylic acids is 2. The monoisotopic (exact) mass is 271 g/mol. The third kappa shape index (κ3) is 4.20. The van der Waals surface area contributed by atoms with Crippen molar-refractivity contribution in [1.82, 2.24) is 5.32 Å². The Labute approximate surface area is 114 Å². The van der Waals surface area contributed by atoms with Gasteiger partial charge in [-0.1, -0.05) is 19.3 Å². The van der Waals surface area contributed by atoms with Crippen LogP contribution in [0.25, 0.3) is 0 Å². The van der Waals surface area contributed by atoms with Crippen LogP contribution in [0.3, 0.4) is 0 Å².